The molecule has 0 aromatic carbocycles. The number of carbonyl (C=O) groups is 1. The molecule has 0 atom stereocenters. The van der Waals surface area contributed by atoms with Crippen molar-refractivity contribution < 1.29 is 18.3 Å². The summed E-state index contributed by atoms with van der Waals surface area (Å²) in [5.41, 5.74) is 0.694. The fraction of sp³-hybridized carbons (Fsp3) is 0.400. The summed E-state index contributed by atoms with van der Waals surface area (Å²) in [6.07, 6.45) is -2.74. The van der Waals surface area contributed by atoms with Crippen molar-refractivity contribution in [3.05, 3.63) is 29.1 Å². The molecule has 1 heterocycles. The van der Waals surface area contributed by atoms with Gasteiger partial charge < -0.3 is 4.74 Å². The summed E-state index contributed by atoms with van der Waals surface area (Å²) in [6.45, 7) is 0. The predicted octanol–water partition coefficient (Wildman–Crippen LogP) is 2.63. The summed E-state index contributed by atoms with van der Waals surface area (Å²) in [7, 11) is 1.24. The van der Waals surface area contributed by atoms with Gasteiger partial charge in [0.05, 0.1) is 19.2 Å². The minimum atomic E-state index is -2.64. The highest BCUT2D eigenvalue weighted by Crippen LogP contribution is 2.20. The number of pyridine rings is 1. The number of halogens is 3. The number of ether oxygens (including phenoxy) is 1. The van der Waals surface area contributed by atoms with Crippen molar-refractivity contribution in [2.75, 3.05) is 7.11 Å². The monoisotopic (exact) mass is 293 g/mol. The Labute approximate surface area is 99.9 Å². The normalized spacial score (nSPS) is 10.6. The van der Waals surface area contributed by atoms with Gasteiger partial charge in [0.2, 0.25) is 0 Å². The summed E-state index contributed by atoms with van der Waals surface area (Å²) in [6, 6.07) is 2.78. The zero-order valence-corrected chi connectivity index (χ0v) is 10.1. The van der Waals surface area contributed by atoms with E-state index in [1.165, 1.54) is 19.2 Å². The van der Waals surface area contributed by atoms with Crippen LogP contribution >= 0.6 is 15.9 Å². The fourth-order valence-electron chi connectivity index (χ4n) is 1.15. The molecular formula is C10H10BrF2NO2. The van der Waals surface area contributed by atoms with Gasteiger partial charge in [0.25, 0.3) is 6.43 Å². The Morgan fingerprint density at radius 3 is 2.75 bits per heavy atom. The molecule has 0 radical (unpaired) electrons. The molecule has 1 aromatic heterocycles. The quantitative estimate of drug-likeness (QED) is 0.633. The SMILES string of the molecule is COC(=O)Cc1nc(C(F)F)ccc1CBr. The minimum Gasteiger partial charge on any atom is -0.469 e. The van der Waals surface area contributed by atoms with Gasteiger partial charge in [-0.25, -0.2) is 8.78 Å². The second kappa shape index (κ2) is 5.89. The van der Waals surface area contributed by atoms with Crippen molar-refractivity contribution in [2.45, 2.75) is 18.2 Å². The number of aromatic nitrogens is 1. The van der Waals surface area contributed by atoms with Crippen LogP contribution in [0.3, 0.4) is 0 Å². The van der Waals surface area contributed by atoms with Gasteiger partial charge in [0, 0.05) is 5.33 Å². The lowest BCUT2D eigenvalue weighted by Crippen LogP contribution is -2.09. The number of rotatable bonds is 4. The maximum absolute atomic E-state index is 12.4. The molecule has 1 aromatic rings. The highest BCUT2D eigenvalue weighted by Gasteiger charge is 2.14. The van der Waals surface area contributed by atoms with E-state index in [0.29, 0.717) is 16.6 Å². The van der Waals surface area contributed by atoms with Gasteiger partial charge in [-0.3, -0.25) is 9.78 Å². The van der Waals surface area contributed by atoms with Crippen LogP contribution in [0.15, 0.2) is 12.1 Å². The third kappa shape index (κ3) is 3.23. The highest BCUT2D eigenvalue weighted by molar-refractivity contribution is 9.08. The molecule has 6 heteroatoms. The molecule has 3 nitrogen and oxygen atoms in total. The molecule has 0 unspecified atom stereocenters. The van der Waals surface area contributed by atoms with E-state index in [0.717, 1.165) is 0 Å². The first-order chi connectivity index (χ1) is 7.58. The van der Waals surface area contributed by atoms with Gasteiger partial charge in [0.15, 0.2) is 0 Å². The van der Waals surface area contributed by atoms with Crippen molar-refractivity contribution >= 4 is 21.9 Å². The first-order valence-electron chi connectivity index (χ1n) is 4.48. The Kier molecular flexibility index (Phi) is 4.79. The minimum absolute atomic E-state index is 0.0992. The van der Waals surface area contributed by atoms with E-state index in [9.17, 15) is 13.6 Å². The third-order valence-corrected chi connectivity index (χ3v) is 2.60. The molecule has 0 aliphatic heterocycles. The van der Waals surface area contributed by atoms with Crippen LogP contribution in [0.2, 0.25) is 0 Å². The van der Waals surface area contributed by atoms with Crippen LogP contribution in [-0.4, -0.2) is 18.1 Å². The number of carbonyl (C=O) groups excluding carboxylic acids is 1. The van der Waals surface area contributed by atoms with Gasteiger partial charge in [-0.05, 0) is 11.6 Å². The van der Waals surface area contributed by atoms with E-state index in [2.05, 4.69) is 25.7 Å². The summed E-state index contributed by atoms with van der Waals surface area (Å²) < 4.78 is 29.3. The second-order valence-corrected chi connectivity index (χ2v) is 3.59. The number of hydrogen-bond donors (Lipinski definition) is 0. The lowest BCUT2D eigenvalue weighted by Gasteiger charge is -2.07. The van der Waals surface area contributed by atoms with Crippen LogP contribution in [0, 0.1) is 0 Å². The Bertz CT molecular complexity index is 385. The smallest absolute Gasteiger partial charge is 0.311 e. The molecule has 0 spiro atoms. The lowest BCUT2D eigenvalue weighted by molar-refractivity contribution is -0.139. The Morgan fingerprint density at radius 2 is 2.25 bits per heavy atom. The van der Waals surface area contributed by atoms with Crippen LogP contribution in [0.1, 0.15) is 23.4 Å². The fourth-order valence-corrected chi connectivity index (χ4v) is 1.66. The number of hydrogen-bond acceptors (Lipinski definition) is 3. The molecule has 88 valence electrons. The number of alkyl halides is 3. The predicted molar refractivity (Wildman–Crippen MR) is 57.5 cm³/mol. The molecule has 16 heavy (non-hydrogen) atoms. The van der Waals surface area contributed by atoms with Gasteiger partial charge in [-0.2, -0.15) is 0 Å². The molecule has 0 amide bonds. The van der Waals surface area contributed by atoms with E-state index in [-0.39, 0.29) is 12.1 Å². The van der Waals surface area contributed by atoms with E-state index < -0.39 is 12.4 Å². The Morgan fingerprint density at radius 1 is 1.56 bits per heavy atom. The molecule has 1 rings (SSSR count). The lowest BCUT2D eigenvalue weighted by atomic mass is 10.1. The standard InChI is InChI=1S/C10H10BrF2NO2/c1-16-9(15)4-8-6(5-11)2-3-7(14-8)10(12)13/h2-3,10H,4-5H2,1H3. The summed E-state index contributed by atoms with van der Waals surface area (Å²) in [4.78, 5) is 14.8. The third-order valence-electron chi connectivity index (χ3n) is 2.00. The summed E-state index contributed by atoms with van der Waals surface area (Å²) in [5.74, 6) is -0.499. The van der Waals surface area contributed by atoms with E-state index in [4.69, 9.17) is 0 Å². The zero-order valence-electron chi connectivity index (χ0n) is 8.54. The van der Waals surface area contributed by atoms with Crippen LogP contribution in [0.4, 0.5) is 8.78 Å². The van der Waals surface area contributed by atoms with Gasteiger partial charge >= 0.3 is 5.97 Å². The topological polar surface area (TPSA) is 39.2 Å². The van der Waals surface area contributed by atoms with Crippen LogP contribution in [0.25, 0.3) is 0 Å². The molecule has 0 aliphatic rings. The number of methoxy groups -OCH3 is 1. The highest BCUT2D eigenvalue weighted by atomic mass is 79.9. The largest absolute Gasteiger partial charge is 0.469 e. The van der Waals surface area contributed by atoms with Crippen molar-refractivity contribution in [1.29, 1.82) is 0 Å². The maximum atomic E-state index is 12.4. The van der Waals surface area contributed by atoms with Crippen LogP contribution in [0.5, 0.6) is 0 Å². The molecule has 0 N–H and O–H groups in total. The Balaban J connectivity index is 3.02. The summed E-state index contributed by atoms with van der Waals surface area (Å²) in [5, 5.41) is 0.454. The van der Waals surface area contributed by atoms with Crippen molar-refractivity contribution in [3.63, 3.8) is 0 Å². The van der Waals surface area contributed by atoms with Gasteiger partial charge in [-0.15, -0.1) is 0 Å². The average Bonchev–Trinajstić information content (AvgIpc) is 2.28. The first kappa shape index (κ1) is 13.0. The molecular weight excluding hydrogens is 284 g/mol. The van der Waals surface area contributed by atoms with Gasteiger partial charge in [0.1, 0.15) is 5.69 Å². The molecule has 0 saturated carbocycles. The van der Waals surface area contributed by atoms with Crippen molar-refractivity contribution in [2.24, 2.45) is 0 Å². The molecule has 0 aliphatic carbocycles. The van der Waals surface area contributed by atoms with E-state index in [1.54, 1.807) is 0 Å². The van der Waals surface area contributed by atoms with Gasteiger partial charge in [-0.1, -0.05) is 22.0 Å². The van der Waals surface area contributed by atoms with Crippen LogP contribution < -0.4 is 0 Å². The first-order valence-corrected chi connectivity index (χ1v) is 5.60. The zero-order chi connectivity index (χ0) is 12.1. The second-order valence-electron chi connectivity index (χ2n) is 3.03. The Hall–Kier alpha value is -1.04. The van der Waals surface area contributed by atoms with Crippen molar-refractivity contribution in [1.82, 2.24) is 4.98 Å². The molecule has 0 fully saturated rings. The van der Waals surface area contributed by atoms with Crippen molar-refractivity contribution in [3.8, 4) is 0 Å². The van der Waals surface area contributed by atoms with E-state index in [1.807, 2.05) is 0 Å². The van der Waals surface area contributed by atoms with Crippen LogP contribution in [-0.2, 0) is 21.3 Å². The number of nitrogens with zero attached hydrogens (tertiary/aromatic N) is 1. The summed E-state index contributed by atoms with van der Waals surface area (Å²) >= 11 is 3.20. The molecule has 0 bridgehead atoms. The molecule has 0 saturated heterocycles. The van der Waals surface area contributed by atoms with E-state index >= 15 is 0 Å². The number of esters is 1. The maximum Gasteiger partial charge on any atom is 0.311 e. The average molecular weight is 294 g/mol.